The third kappa shape index (κ3) is 9.00. The van der Waals surface area contributed by atoms with Gasteiger partial charge in [-0.15, -0.1) is 0 Å². The first-order valence-electron chi connectivity index (χ1n) is 16.3. The molecule has 2 fully saturated rings. The summed E-state index contributed by atoms with van der Waals surface area (Å²) in [6.45, 7) is 3.61. The minimum absolute atomic E-state index is 0.00668. The molecule has 244 valence electrons. The lowest BCUT2D eigenvalue weighted by Crippen LogP contribution is -2.41. The molecule has 2 heterocycles. The number of methoxy groups -OCH3 is 2. The summed E-state index contributed by atoms with van der Waals surface area (Å²) in [5, 5.41) is 4.19. The minimum atomic E-state index is -0.160. The van der Waals surface area contributed by atoms with Gasteiger partial charge in [-0.3, -0.25) is 9.59 Å². The number of nitrogens with zero attached hydrogens (tertiary/aromatic N) is 2. The molecule has 0 saturated carbocycles. The fourth-order valence-corrected chi connectivity index (χ4v) is 6.70. The number of ketones is 1. The number of anilines is 1. The summed E-state index contributed by atoms with van der Waals surface area (Å²) in [6.07, 6.45) is 8.26. The Morgan fingerprint density at radius 2 is 1.39 bits per heavy atom. The van der Waals surface area contributed by atoms with Crippen LogP contribution in [0.4, 0.5) is 5.69 Å². The number of piperidine rings is 2. The highest BCUT2D eigenvalue weighted by Crippen LogP contribution is 2.29. The van der Waals surface area contributed by atoms with E-state index in [2.05, 4.69) is 10.2 Å². The highest BCUT2D eigenvalue weighted by molar-refractivity contribution is 7.80. The maximum absolute atomic E-state index is 13.0. The Morgan fingerprint density at radius 1 is 0.783 bits per heavy atom. The number of hydrogen-bond donors (Lipinski definition) is 1. The fourth-order valence-electron chi connectivity index (χ4n) is 6.40. The summed E-state index contributed by atoms with van der Waals surface area (Å²) in [5.74, 6) is 2.93. The summed E-state index contributed by atoms with van der Waals surface area (Å²) in [7, 11) is 3.09. The molecule has 2 saturated heterocycles. The van der Waals surface area contributed by atoms with Crippen LogP contribution in [-0.4, -0.2) is 73.6 Å². The van der Waals surface area contributed by atoms with Gasteiger partial charge in [-0.2, -0.15) is 0 Å². The number of carbonyl (C=O) groups is 2. The molecule has 0 bridgehead atoms. The van der Waals surface area contributed by atoms with Crippen molar-refractivity contribution in [2.45, 2.75) is 44.9 Å². The number of ether oxygens (including phenoxy) is 3. The Morgan fingerprint density at radius 3 is 2.00 bits per heavy atom. The average molecular weight is 644 g/mol. The summed E-state index contributed by atoms with van der Waals surface area (Å²) in [4.78, 5) is 30.1. The van der Waals surface area contributed by atoms with Crippen molar-refractivity contribution >= 4 is 34.7 Å². The highest BCUT2D eigenvalue weighted by Gasteiger charge is 2.25. The molecule has 1 amide bonds. The van der Waals surface area contributed by atoms with E-state index in [-0.39, 0.29) is 18.3 Å². The van der Waals surface area contributed by atoms with Crippen molar-refractivity contribution in [2.75, 3.05) is 52.3 Å². The zero-order valence-corrected chi connectivity index (χ0v) is 27.7. The SMILES string of the molecule is COc1ccc(C(=O)c2ccc(OCC(=O)N3CCC(CCCC4CCN(C(=S)Nc5ccccc5)CC4)CC3)cc2)c(OC)c1. The molecule has 2 aliphatic heterocycles. The number of amides is 1. The molecular weight excluding hydrogens is 598 g/mol. The van der Waals surface area contributed by atoms with E-state index in [0.29, 0.717) is 34.3 Å². The lowest BCUT2D eigenvalue weighted by Gasteiger charge is -2.34. The van der Waals surface area contributed by atoms with Gasteiger partial charge in [0.2, 0.25) is 0 Å². The normalized spacial score (nSPS) is 15.7. The van der Waals surface area contributed by atoms with Crippen LogP contribution in [0.5, 0.6) is 17.2 Å². The van der Waals surface area contributed by atoms with Crippen molar-refractivity contribution in [3.8, 4) is 17.2 Å². The van der Waals surface area contributed by atoms with Gasteiger partial charge in [0.05, 0.1) is 19.8 Å². The molecule has 1 N–H and O–H groups in total. The predicted octanol–water partition coefficient (Wildman–Crippen LogP) is 6.83. The summed E-state index contributed by atoms with van der Waals surface area (Å²) in [5.41, 5.74) is 2.01. The molecule has 46 heavy (non-hydrogen) atoms. The molecule has 3 aromatic carbocycles. The first-order chi connectivity index (χ1) is 22.4. The molecule has 0 radical (unpaired) electrons. The summed E-state index contributed by atoms with van der Waals surface area (Å²) < 4.78 is 16.4. The number of benzene rings is 3. The highest BCUT2D eigenvalue weighted by atomic mass is 32.1. The summed E-state index contributed by atoms with van der Waals surface area (Å²) >= 11 is 5.64. The largest absolute Gasteiger partial charge is 0.497 e. The first-order valence-corrected chi connectivity index (χ1v) is 16.7. The molecular formula is C37H45N3O5S. The monoisotopic (exact) mass is 643 g/mol. The van der Waals surface area contributed by atoms with Crippen LogP contribution in [-0.2, 0) is 4.79 Å². The molecule has 5 rings (SSSR count). The smallest absolute Gasteiger partial charge is 0.260 e. The van der Waals surface area contributed by atoms with Crippen LogP contribution in [0.3, 0.4) is 0 Å². The molecule has 2 aliphatic rings. The van der Waals surface area contributed by atoms with Crippen LogP contribution in [0, 0.1) is 11.8 Å². The Hall–Kier alpha value is -4.11. The standard InChI is InChI=1S/C37H45N3O5S/c1-43-32-15-16-33(34(25-32)44-2)36(42)29-11-13-31(14-12-29)45-26-35(41)39-21-17-27(18-22-39)7-6-8-28-19-23-40(24-20-28)37(46)38-30-9-4-3-5-10-30/h3-5,9-16,25,27-28H,6-8,17-24,26H2,1-2H3,(H,38,46). The van der Waals surface area contributed by atoms with E-state index < -0.39 is 0 Å². The van der Waals surface area contributed by atoms with E-state index in [0.717, 1.165) is 55.7 Å². The van der Waals surface area contributed by atoms with Crippen LogP contribution in [0.1, 0.15) is 60.9 Å². The maximum Gasteiger partial charge on any atom is 0.260 e. The number of likely N-dealkylation sites (tertiary alicyclic amines) is 2. The molecule has 0 atom stereocenters. The van der Waals surface area contributed by atoms with E-state index in [1.54, 1.807) is 49.6 Å². The van der Waals surface area contributed by atoms with Crippen molar-refractivity contribution in [3.05, 3.63) is 83.9 Å². The fraction of sp³-hybridized carbons (Fsp3) is 0.432. The molecule has 9 heteroatoms. The number of rotatable bonds is 12. The van der Waals surface area contributed by atoms with Gasteiger partial charge in [0.25, 0.3) is 5.91 Å². The quantitative estimate of drug-likeness (QED) is 0.170. The number of hydrogen-bond acceptors (Lipinski definition) is 6. The van der Waals surface area contributed by atoms with E-state index >= 15 is 0 Å². The van der Waals surface area contributed by atoms with Gasteiger partial charge >= 0.3 is 0 Å². The van der Waals surface area contributed by atoms with Crippen LogP contribution in [0.2, 0.25) is 0 Å². The Balaban J connectivity index is 0.965. The van der Waals surface area contributed by atoms with E-state index in [1.165, 1.54) is 39.2 Å². The van der Waals surface area contributed by atoms with Gasteiger partial charge in [-0.05, 0) is 98.3 Å². The topological polar surface area (TPSA) is 80.3 Å². The van der Waals surface area contributed by atoms with Crippen molar-refractivity contribution in [2.24, 2.45) is 11.8 Å². The molecule has 0 unspecified atom stereocenters. The summed E-state index contributed by atoms with van der Waals surface area (Å²) in [6, 6.07) is 22.1. The van der Waals surface area contributed by atoms with Crippen LogP contribution < -0.4 is 19.5 Å². The molecule has 0 spiro atoms. The lowest BCUT2D eigenvalue weighted by molar-refractivity contribution is -0.134. The van der Waals surface area contributed by atoms with Gasteiger partial charge in [0.1, 0.15) is 17.2 Å². The van der Waals surface area contributed by atoms with E-state index in [9.17, 15) is 9.59 Å². The van der Waals surface area contributed by atoms with Crippen LogP contribution >= 0.6 is 12.2 Å². The lowest BCUT2D eigenvalue weighted by atomic mass is 9.87. The van der Waals surface area contributed by atoms with Gasteiger partial charge < -0.3 is 29.3 Å². The van der Waals surface area contributed by atoms with Crippen molar-refractivity contribution in [1.29, 1.82) is 0 Å². The molecule has 3 aromatic rings. The van der Waals surface area contributed by atoms with Crippen molar-refractivity contribution < 1.29 is 23.8 Å². The number of thiocarbonyl (C=S) groups is 1. The zero-order valence-electron chi connectivity index (χ0n) is 26.9. The average Bonchev–Trinajstić information content (AvgIpc) is 3.11. The predicted molar refractivity (Wildman–Crippen MR) is 185 cm³/mol. The van der Waals surface area contributed by atoms with Gasteiger partial charge in [0, 0.05) is 43.5 Å². The molecule has 0 aliphatic carbocycles. The van der Waals surface area contributed by atoms with Gasteiger partial charge in [0.15, 0.2) is 17.5 Å². The Kier molecular flexibility index (Phi) is 11.9. The number of nitrogens with one attached hydrogen (secondary N) is 1. The van der Waals surface area contributed by atoms with Crippen molar-refractivity contribution in [3.63, 3.8) is 0 Å². The number of para-hydroxylation sites is 1. The Labute approximate surface area is 278 Å². The maximum atomic E-state index is 13.0. The minimum Gasteiger partial charge on any atom is -0.497 e. The third-order valence-electron chi connectivity index (χ3n) is 9.25. The van der Waals surface area contributed by atoms with E-state index in [1.807, 2.05) is 35.2 Å². The second kappa shape index (κ2) is 16.5. The first kappa shape index (κ1) is 33.3. The van der Waals surface area contributed by atoms with Crippen LogP contribution in [0.25, 0.3) is 0 Å². The number of carbonyl (C=O) groups excluding carboxylic acids is 2. The molecule has 0 aromatic heterocycles. The molecule has 8 nitrogen and oxygen atoms in total. The second-order valence-electron chi connectivity index (χ2n) is 12.2. The second-order valence-corrected chi connectivity index (χ2v) is 12.6. The zero-order chi connectivity index (χ0) is 32.3. The van der Waals surface area contributed by atoms with Crippen LogP contribution in [0.15, 0.2) is 72.8 Å². The van der Waals surface area contributed by atoms with Crippen molar-refractivity contribution in [1.82, 2.24) is 9.80 Å². The van der Waals surface area contributed by atoms with E-state index in [4.69, 9.17) is 26.4 Å². The Bertz CT molecular complexity index is 1450. The van der Waals surface area contributed by atoms with Gasteiger partial charge in [-0.25, -0.2) is 0 Å². The third-order valence-corrected chi connectivity index (χ3v) is 9.61. The van der Waals surface area contributed by atoms with Gasteiger partial charge in [-0.1, -0.05) is 37.5 Å².